The first kappa shape index (κ1) is 19.2. The van der Waals surface area contributed by atoms with Crippen LogP contribution in [0.2, 0.25) is 0 Å². The minimum Gasteiger partial charge on any atom is -0.457 e. The van der Waals surface area contributed by atoms with Gasteiger partial charge in [0.1, 0.15) is 12.2 Å². The molecule has 0 aliphatic rings. The number of rotatable bonds is 11. The molecule has 118 valence electrons. The molecule has 6 nitrogen and oxygen atoms in total. The summed E-state index contributed by atoms with van der Waals surface area (Å²) in [6, 6.07) is 0. The van der Waals surface area contributed by atoms with E-state index >= 15 is 0 Å². The summed E-state index contributed by atoms with van der Waals surface area (Å²) in [5.74, 6) is -0.804. The third-order valence-corrected chi connectivity index (χ3v) is 5.86. The van der Waals surface area contributed by atoms with E-state index in [-0.39, 0.29) is 12.2 Å². The molecule has 0 aromatic rings. The number of ketones is 1. The van der Waals surface area contributed by atoms with Crippen molar-refractivity contribution in [2.24, 2.45) is 0 Å². The minimum atomic E-state index is -3.09. The van der Waals surface area contributed by atoms with Crippen molar-refractivity contribution >= 4 is 20.6 Å². The van der Waals surface area contributed by atoms with Crippen LogP contribution in [0.15, 0.2) is 0 Å². The zero-order chi connectivity index (χ0) is 15.6. The predicted molar refractivity (Wildman–Crippen MR) is 76.1 cm³/mol. The van der Waals surface area contributed by atoms with Crippen molar-refractivity contribution < 1.29 is 27.6 Å². The molecule has 0 aromatic carbocycles. The Morgan fingerprint density at radius 1 is 0.950 bits per heavy atom. The fraction of sp³-hybridized carbons (Fsp3) is 0.846. The van der Waals surface area contributed by atoms with Gasteiger partial charge in [0.2, 0.25) is 0 Å². The Morgan fingerprint density at radius 2 is 1.40 bits per heavy atom. The maximum absolute atomic E-state index is 11.7. The van der Waals surface area contributed by atoms with E-state index in [0.29, 0.717) is 26.2 Å². The second kappa shape index (κ2) is 10.0. The van der Waals surface area contributed by atoms with Gasteiger partial charge in [-0.05, 0) is 34.1 Å². The lowest BCUT2D eigenvalue weighted by Crippen LogP contribution is -2.58. The van der Waals surface area contributed by atoms with E-state index in [4.69, 9.17) is 18.0 Å². The number of hydrogen-bond donors (Lipinski definition) is 0. The van der Waals surface area contributed by atoms with Gasteiger partial charge < -0.3 is 18.0 Å². The lowest BCUT2D eigenvalue weighted by Gasteiger charge is -2.34. The molecule has 20 heavy (non-hydrogen) atoms. The maximum atomic E-state index is 11.7. The summed E-state index contributed by atoms with van der Waals surface area (Å²) in [5.41, 5.74) is -0.589. The lowest BCUT2D eigenvalue weighted by molar-refractivity contribution is -0.151. The summed E-state index contributed by atoms with van der Waals surface area (Å²) in [4.78, 5) is 22.7. The van der Waals surface area contributed by atoms with Gasteiger partial charge >= 0.3 is 14.8 Å². The number of esters is 1. The van der Waals surface area contributed by atoms with Crippen LogP contribution in [0.3, 0.4) is 0 Å². The Morgan fingerprint density at radius 3 is 1.70 bits per heavy atom. The number of ether oxygens (including phenoxy) is 1. The van der Waals surface area contributed by atoms with Crippen molar-refractivity contribution in [2.45, 2.75) is 53.2 Å². The van der Waals surface area contributed by atoms with Crippen LogP contribution in [0.5, 0.6) is 0 Å². The molecule has 0 radical (unpaired) electrons. The van der Waals surface area contributed by atoms with E-state index in [2.05, 4.69) is 0 Å². The molecular weight excluding hydrogens is 280 g/mol. The van der Waals surface area contributed by atoms with E-state index < -0.39 is 20.5 Å². The second-order valence-corrected chi connectivity index (χ2v) is 6.89. The Labute approximate surface area is 122 Å². The van der Waals surface area contributed by atoms with Gasteiger partial charge in [0.05, 0.1) is 0 Å². The molecule has 0 fully saturated rings. The summed E-state index contributed by atoms with van der Waals surface area (Å²) < 4.78 is 22.5. The summed E-state index contributed by atoms with van der Waals surface area (Å²) in [6.07, 6.45) is 0.265. The number of carbonyl (C=O) groups is 2. The number of carbonyl (C=O) groups excluding carboxylic acids is 2. The minimum absolute atomic E-state index is 0.235. The van der Waals surface area contributed by atoms with Crippen LogP contribution >= 0.6 is 0 Å². The van der Waals surface area contributed by atoms with E-state index in [9.17, 15) is 9.59 Å². The van der Waals surface area contributed by atoms with Crippen LogP contribution in [-0.2, 0) is 27.6 Å². The van der Waals surface area contributed by atoms with E-state index in [1.807, 2.05) is 27.7 Å². The highest BCUT2D eigenvalue weighted by atomic mass is 28.4. The smallest absolute Gasteiger partial charge is 0.457 e. The molecule has 7 heteroatoms. The van der Waals surface area contributed by atoms with Crippen LogP contribution < -0.4 is 0 Å². The molecule has 0 aliphatic carbocycles. The van der Waals surface area contributed by atoms with E-state index in [1.165, 1.54) is 6.92 Å². The van der Waals surface area contributed by atoms with Crippen molar-refractivity contribution in [3.8, 4) is 0 Å². The van der Waals surface area contributed by atoms with Gasteiger partial charge in [-0.3, -0.25) is 9.59 Å². The number of hydrogen-bond acceptors (Lipinski definition) is 6. The highest BCUT2D eigenvalue weighted by molar-refractivity contribution is 6.62. The predicted octanol–water partition coefficient (Wildman–Crippen LogP) is 1.87. The second-order valence-electron chi connectivity index (χ2n) is 4.17. The van der Waals surface area contributed by atoms with Gasteiger partial charge in [-0.15, -0.1) is 0 Å². The topological polar surface area (TPSA) is 71.1 Å². The van der Waals surface area contributed by atoms with Crippen LogP contribution in [-0.4, -0.2) is 46.1 Å². The average Bonchev–Trinajstić information content (AvgIpc) is 2.35. The van der Waals surface area contributed by atoms with Crippen LogP contribution in [0.25, 0.3) is 0 Å². The van der Waals surface area contributed by atoms with Crippen LogP contribution in [0.1, 0.15) is 47.5 Å². The molecule has 0 spiro atoms. The van der Waals surface area contributed by atoms with Crippen molar-refractivity contribution in [3.63, 3.8) is 0 Å². The third-order valence-electron chi connectivity index (χ3n) is 2.47. The van der Waals surface area contributed by atoms with Crippen molar-refractivity contribution in [3.05, 3.63) is 0 Å². The highest BCUT2D eigenvalue weighted by Gasteiger charge is 2.51. The molecule has 0 saturated carbocycles. The quantitative estimate of drug-likeness (QED) is 0.330. The Kier molecular flexibility index (Phi) is 9.65. The van der Waals surface area contributed by atoms with Gasteiger partial charge in [0, 0.05) is 19.8 Å². The summed E-state index contributed by atoms with van der Waals surface area (Å²) in [6.45, 7) is 9.95. The SMILES string of the molecule is CCO[Si](OCC)(OCC)C(CC)OC(=O)CC(C)=O. The molecular formula is C13H26O6Si. The summed E-state index contributed by atoms with van der Waals surface area (Å²) >= 11 is 0. The first-order chi connectivity index (χ1) is 9.45. The van der Waals surface area contributed by atoms with Crippen molar-refractivity contribution in [1.82, 2.24) is 0 Å². The standard InChI is InChI=1S/C13H26O6Si/c1-6-13(19-12(15)10-11(5)14)20(16-7-2,17-8-3)18-9-4/h13H,6-10H2,1-5H3. The fourth-order valence-corrected chi connectivity index (χ4v) is 4.61. The Balaban J connectivity index is 5.03. The Bertz CT molecular complexity index is 290. The summed E-state index contributed by atoms with van der Waals surface area (Å²) in [7, 11) is -3.09. The zero-order valence-corrected chi connectivity index (χ0v) is 14.1. The monoisotopic (exact) mass is 306 g/mol. The highest BCUT2D eigenvalue weighted by Crippen LogP contribution is 2.21. The van der Waals surface area contributed by atoms with Gasteiger partial charge in [0.25, 0.3) is 0 Å². The molecule has 0 amide bonds. The lowest BCUT2D eigenvalue weighted by atomic mass is 10.3. The molecule has 0 aliphatic heterocycles. The molecule has 0 saturated heterocycles. The van der Waals surface area contributed by atoms with Crippen molar-refractivity contribution in [2.75, 3.05) is 19.8 Å². The van der Waals surface area contributed by atoms with Gasteiger partial charge in [-0.1, -0.05) is 6.92 Å². The first-order valence-corrected chi connectivity index (χ1v) is 8.86. The van der Waals surface area contributed by atoms with Gasteiger partial charge in [-0.2, -0.15) is 0 Å². The number of Topliss-reactive ketones (excluding diaryl/α,β-unsaturated/α-hetero) is 1. The van der Waals surface area contributed by atoms with Crippen LogP contribution in [0, 0.1) is 0 Å². The van der Waals surface area contributed by atoms with E-state index in [1.54, 1.807) is 0 Å². The summed E-state index contributed by atoms with van der Waals surface area (Å²) in [5, 5.41) is 0. The van der Waals surface area contributed by atoms with Crippen LogP contribution in [0.4, 0.5) is 0 Å². The van der Waals surface area contributed by atoms with E-state index in [0.717, 1.165) is 0 Å². The molecule has 1 unspecified atom stereocenters. The maximum Gasteiger partial charge on any atom is 0.544 e. The zero-order valence-electron chi connectivity index (χ0n) is 13.1. The largest absolute Gasteiger partial charge is 0.544 e. The molecule has 0 N–H and O–H groups in total. The molecule has 0 bridgehead atoms. The van der Waals surface area contributed by atoms with Crippen molar-refractivity contribution in [1.29, 1.82) is 0 Å². The van der Waals surface area contributed by atoms with Gasteiger partial charge in [0.15, 0.2) is 5.73 Å². The molecule has 1 atom stereocenters. The Hall–Kier alpha value is -0.763. The first-order valence-electron chi connectivity index (χ1n) is 7.06. The third kappa shape index (κ3) is 6.13. The molecule has 0 heterocycles. The molecule has 0 aromatic heterocycles. The van der Waals surface area contributed by atoms with Gasteiger partial charge in [-0.25, -0.2) is 0 Å². The average molecular weight is 306 g/mol. The fourth-order valence-electron chi connectivity index (χ4n) is 1.82. The normalized spacial score (nSPS) is 13.1. The molecule has 0 rings (SSSR count).